The van der Waals surface area contributed by atoms with Gasteiger partial charge in [-0.3, -0.25) is 13.9 Å². The maximum absolute atomic E-state index is 14.6. The summed E-state index contributed by atoms with van der Waals surface area (Å²) in [5, 5.41) is 9.77. The number of aryl methyl sites for hydroxylation is 1. The van der Waals surface area contributed by atoms with Crippen LogP contribution in [0.3, 0.4) is 0 Å². The van der Waals surface area contributed by atoms with Crippen molar-refractivity contribution in [2.24, 2.45) is 5.41 Å². The number of carbonyl (C=O) groups is 2. The smallest absolute Gasteiger partial charge is 0.309 e. The van der Waals surface area contributed by atoms with Crippen LogP contribution in [-0.4, -0.2) is 56.0 Å². The van der Waals surface area contributed by atoms with Crippen molar-refractivity contribution in [1.82, 2.24) is 4.90 Å². The summed E-state index contributed by atoms with van der Waals surface area (Å²) in [5.74, 6) is -1.08. The van der Waals surface area contributed by atoms with Gasteiger partial charge in [-0.15, -0.1) is 0 Å². The molecule has 2 aliphatic heterocycles. The lowest BCUT2D eigenvalue weighted by Crippen LogP contribution is -2.46. The third-order valence-corrected chi connectivity index (χ3v) is 10.7. The Morgan fingerprint density at radius 2 is 1.82 bits per heavy atom. The van der Waals surface area contributed by atoms with Crippen molar-refractivity contribution in [2.45, 2.75) is 57.5 Å². The number of likely N-dealkylation sites (tertiary alicyclic amines) is 1. The normalized spacial score (nSPS) is 18.2. The highest BCUT2D eigenvalue weighted by atomic mass is 35.5. The molecule has 2 heterocycles. The Labute approximate surface area is 268 Å². The van der Waals surface area contributed by atoms with Gasteiger partial charge < -0.3 is 14.7 Å². The molecule has 1 N–H and O–H groups in total. The number of anilines is 1. The van der Waals surface area contributed by atoms with Gasteiger partial charge in [0.05, 0.1) is 27.6 Å². The first-order valence-electron chi connectivity index (χ1n) is 14.8. The number of carbonyl (C=O) groups excluding carboxylic acids is 1. The van der Waals surface area contributed by atoms with Crippen LogP contribution in [0.2, 0.25) is 5.02 Å². The fraction of sp³-hybridized carbons (Fsp3) is 0.353. The highest BCUT2D eigenvalue weighted by Gasteiger charge is 2.39. The van der Waals surface area contributed by atoms with E-state index in [2.05, 4.69) is 0 Å². The highest BCUT2D eigenvalue weighted by Crippen LogP contribution is 2.40. The van der Waals surface area contributed by atoms with Crippen molar-refractivity contribution in [3.63, 3.8) is 0 Å². The van der Waals surface area contributed by atoms with Crippen LogP contribution in [0.5, 0.6) is 5.75 Å². The van der Waals surface area contributed by atoms with E-state index >= 15 is 0 Å². The van der Waals surface area contributed by atoms with Crippen molar-refractivity contribution >= 4 is 50.8 Å². The molecular weight excluding hydrogens is 619 g/mol. The van der Waals surface area contributed by atoms with Gasteiger partial charge >= 0.3 is 5.97 Å². The number of fused-ring (bicyclic) bond motifs is 1. The molecule has 0 radical (unpaired) electrons. The molecule has 1 amide bonds. The summed E-state index contributed by atoms with van der Waals surface area (Å²) >= 11 is 6.27. The number of rotatable bonds is 8. The van der Waals surface area contributed by atoms with Gasteiger partial charge in [0.2, 0.25) is 5.91 Å². The number of nitrogens with zero attached hydrogens (tertiary/aromatic N) is 2. The number of benzene rings is 3. The Morgan fingerprint density at radius 1 is 1.11 bits per heavy atom. The van der Waals surface area contributed by atoms with E-state index in [9.17, 15) is 27.5 Å². The second-order valence-electron chi connectivity index (χ2n) is 12.0. The van der Waals surface area contributed by atoms with Gasteiger partial charge in [-0.05, 0) is 93.1 Å². The van der Waals surface area contributed by atoms with E-state index in [0.29, 0.717) is 48.5 Å². The molecule has 0 aliphatic carbocycles. The summed E-state index contributed by atoms with van der Waals surface area (Å²) in [6, 6.07) is 16.3. The van der Waals surface area contributed by atoms with E-state index in [1.165, 1.54) is 16.4 Å². The lowest BCUT2D eigenvalue weighted by molar-refractivity contribution is -0.153. The van der Waals surface area contributed by atoms with Crippen LogP contribution in [0.1, 0.15) is 56.2 Å². The Bertz CT molecular complexity index is 1750. The van der Waals surface area contributed by atoms with Crippen LogP contribution in [0.4, 0.5) is 10.1 Å². The number of aliphatic carboxylic acids is 1. The molecule has 5 rings (SSSR count). The fourth-order valence-electron chi connectivity index (χ4n) is 5.80. The average Bonchev–Trinajstić information content (AvgIpc) is 2.99. The number of halogens is 2. The molecule has 3 aromatic rings. The second-order valence-corrected chi connectivity index (χ2v) is 14.3. The van der Waals surface area contributed by atoms with E-state index in [4.69, 9.17) is 16.3 Å². The van der Waals surface area contributed by atoms with E-state index < -0.39 is 33.3 Å². The van der Waals surface area contributed by atoms with Crippen LogP contribution >= 0.6 is 11.6 Å². The van der Waals surface area contributed by atoms with E-state index in [-0.39, 0.29) is 40.8 Å². The first-order chi connectivity index (χ1) is 21.3. The van der Waals surface area contributed by atoms with Crippen molar-refractivity contribution in [3.8, 4) is 5.75 Å². The molecule has 8 nitrogen and oxygen atoms in total. The van der Waals surface area contributed by atoms with Gasteiger partial charge in [0.15, 0.2) is 0 Å². The predicted molar refractivity (Wildman–Crippen MR) is 172 cm³/mol. The largest absolute Gasteiger partial charge is 0.486 e. The van der Waals surface area contributed by atoms with Crippen molar-refractivity contribution in [1.29, 1.82) is 0 Å². The van der Waals surface area contributed by atoms with E-state index in [1.54, 1.807) is 67.3 Å². The standard InChI is InChI=1S/C34H36ClFN2O6S/c1-22-6-4-7-26(18-22)45(42,43)38-21-25(11-13-31(39)37-16-14-34(3,15-17-37)33(40)41)44-30-12-10-24(20-29(30)38)19-23(2)32-27(35)8-5-9-28(32)36/h4-10,12,18-20,25H,11,13-17,21H2,1-3H3,(H,40,41)/b23-19+/t25-/m0/s1. The summed E-state index contributed by atoms with van der Waals surface area (Å²) in [4.78, 5) is 26.5. The number of hydrogen-bond acceptors (Lipinski definition) is 5. The lowest BCUT2D eigenvalue weighted by Gasteiger charge is -2.37. The first kappa shape index (κ1) is 32.5. The van der Waals surface area contributed by atoms with Gasteiger partial charge in [-0.25, -0.2) is 12.8 Å². The number of amides is 1. The minimum Gasteiger partial charge on any atom is -0.486 e. The van der Waals surface area contributed by atoms with Crippen LogP contribution in [0.15, 0.2) is 65.6 Å². The maximum atomic E-state index is 14.6. The highest BCUT2D eigenvalue weighted by molar-refractivity contribution is 7.92. The van der Waals surface area contributed by atoms with Gasteiger partial charge in [0.25, 0.3) is 10.0 Å². The topological polar surface area (TPSA) is 104 Å². The summed E-state index contributed by atoms with van der Waals surface area (Å²) in [5.41, 5.74) is 1.76. The molecule has 0 bridgehead atoms. The molecule has 1 atom stereocenters. The zero-order valence-corrected chi connectivity index (χ0v) is 27.0. The third-order valence-electron chi connectivity index (χ3n) is 8.65. The lowest BCUT2D eigenvalue weighted by atomic mass is 9.80. The fourth-order valence-corrected chi connectivity index (χ4v) is 7.72. The molecule has 0 aromatic heterocycles. The second kappa shape index (κ2) is 12.8. The van der Waals surface area contributed by atoms with Gasteiger partial charge in [0.1, 0.15) is 17.7 Å². The van der Waals surface area contributed by atoms with Gasteiger partial charge in [0, 0.05) is 25.1 Å². The SMILES string of the molecule is C/C(=C\c1ccc2c(c1)N(S(=O)(=O)c1cccc(C)c1)C[C@H](CCC(=O)N1CCC(C)(C(=O)O)CC1)O2)c1c(F)cccc1Cl. The summed E-state index contributed by atoms with van der Waals surface area (Å²) < 4.78 is 50.3. The molecule has 45 heavy (non-hydrogen) atoms. The number of carboxylic acid groups (broad SMARTS) is 1. The van der Waals surface area contributed by atoms with Crippen LogP contribution in [-0.2, 0) is 19.6 Å². The molecule has 3 aromatic carbocycles. The molecule has 0 spiro atoms. The Morgan fingerprint density at radius 3 is 2.49 bits per heavy atom. The number of piperidine rings is 1. The van der Waals surface area contributed by atoms with Crippen LogP contribution in [0, 0.1) is 18.2 Å². The number of ether oxygens (including phenoxy) is 1. The van der Waals surface area contributed by atoms with Crippen LogP contribution < -0.4 is 9.04 Å². The number of hydrogen-bond donors (Lipinski definition) is 1. The van der Waals surface area contributed by atoms with Crippen molar-refractivity contribution < 1.29 is 32.2 Å². The van der Waals surface area contributed by atoms with E-state index in [1.807, 2.05) is 13.0 Å². The van der Waals surface area contributed by atoms with Gasteiger partial charge in [-0.1, -0.05) is 41.9 Å². The zero-order valence-electron chi connectivity index (χ0n) is 25.4. The number of carboxylic acids is 1. The summed E-state index contributed by atoms with van der Waals surface area (Å²) in [6.45, 7) is 5.96. The minimum absolute atomic E-state index is 0.0149. The van der Waals surface area contributed by atoms with Crippen molar-refractivity contribution in [2.75, 3.05) is 23.9 Å². The third kappa shape index (κ3) is 6.87. The number of allylic oxidation sites excluding steroid dienone is 1. The molecule has 238 valence electrons. The monoisotopic (exact) mass is 654 g/mol. The predicted octanol–water partition coefficient (Wildman–Crippen LogP) is 6.80. The molecule has 2 aliphatic rings. The number of sulfonamides is 1. The average molecular weight is 655 g/mol. The van der Waals surface area contributed by atoms with Gasteiger partial charge in [-0.2, -0.15) is 0 Å². The quantitative estimate of drug-likeness (QED) is 0.268. The molecule has 0 saturated carbocycles. The van der Waals surface area contributed by atoms with E-state index in [0.717, 1.165) is 5.56 Å². The summed E-state index contributed by atoms with van der Waals surface area (Å²) in [7, 11) is -4.02. The maximum Gasteiger partial charge on any atom is 0.309 e. The first-order valence-corrected chi connectivity index (χ1v) is 16.6. The molecule has 0 unspecified atom stereocenters. The summed E-state index contributed by atoms with van der Waals surface area (Å²) in [6.07, 6.45) is 2.30. The van der Waals surface area contributed by atoms with Crippen LogP contribution in [0.25, 0.3) is 11.6 Å². The Hall–Kier alpha value is -3.89. The molecule has 11 heteroatoms. The minimum atomic E-state index is -4.02. The Kier molecular flexibility index (Phi) is 9.28. The molecular formula is C34H36ClFN2O6S. The Balaban J connectivity index is 1.41. The van der Waals surface area contributed by atoms with Crippen molar-refractivity contribution in [3.05, 3.63) is 88.2 Å². The zero-order chi connectivity index (χ0) is 32.5. The molecule has 1 saturated heterocycles. The molecule has 1 fully saturated rings.